The first-order valence-electron chi connectivity index (χ1n) is 10.3. The van der Waals surface area contributed by atoms with Gasteiger partial charge in [-0.25, -0.2) is 9.97 Å². The molecule has 7 nitrogen and oxygen atoms in total. The van der Waals surface area contributed by atoms with Crippen LogP contribution < -0.4 is 10.9 Å². The van der Waals surface area contributed by atoms with E-state index in [2.05, 4.69) is 10.3 Å². The van der Waals surface area contributed by atoms with Crippen molar-refractivity contribution in [1.82, 2.24) is 19.9 Å². The van der Waals surface area contributed by atoms with Crippen LogP contribution in [0, 0.1) is 13.8 Å². The topological polar surface area (TPSA) is 90.0 Å². The van der Waals surface area contributed by atoms with Crippen LogP contribution in [0.15, 0.2) is 26.7 Å². The molecule has 1 amide bonds. The molecule has 0 aliphatic carbocycles. The summed E-state index contributed by atoms with van der Waals surface area (Å²) in [7, 11) is 0. The molecule has 0 fully saturated rings. The van der Waals surface area contributed by atoms with Crippen molar-refractivity contribution in [2.45, 2.75) is 52.6 Å². The minimum absolute atomic E-state index is 0.0241. The summed E-state index contributed by atoms with van der Waals surface area (Å²) in [5.41, 5.74) is 1.48. The van der Waals surface area contributed by atoms with Crippen molar-refractivity contribution in [3.63, 3.8) is 0 Å². The summed E-state index contributed by atoms with van der Waals surface area (Å²) in [6.45, 7) is 4.74. The molecule has 160 valence electrons. The number of amides is 1. The van der Waals surface area contributed by atoms with Crippen LogP contribution in [0.4, 0.5) is 0 Å². The Morgan fingerprint density at radius 2 is 2.10 bits per heavy atom. The van der Waals surface area contributed by atoms with Crippen molar-refractivity contribution in [2.24, 2.45) is 0 Å². The van der Waals surface area contributed by atoms with Crippen LogP contribution in [0.3, 0.4) is 0 Å². The van der Waals surface area contributed by atoms with Crippen LogP contribution in [0.2, 0.25) is 0 Å². The number of thiazole rings is 1. The van der Waals surface area contributed by atoms with E-state index in [-0.39, 0.29) is 18.0 Å². The fourth-order valence-corrected chi connectivity index (χ4v) is 5.67. The average molecular weight is 455 g/mol. The van der Waals surface area contributed by atoms with Crippen molar-refractivity contribution in [3.05, 3.63) is 54.9 Å². The summed E-state index contributed by atoms with van der Waals surface area (Å²) in [6.07, 6.45) is 3.95. The monoisotopic (exact) mass is 454 g/mol. The lowest BCUT2D eigenvalue weighted by Crippen LogP contribution is -2.25. The highest BCUT2D eigenvalue weighted by Gasteiger charge is 2.22. The fourth-order valence-electron chi connectivity index (χ4n) is 3.96. The van der Waals surface area contributed by atoms with E-state index in [1.54, 1.807) is 15.9 Å². The van der Waals surface area contributed by atoms with Gasteiger partial charge in [0.1, 0.15) is 22.1 Å². The van der Waals surface area contributed by atoms with Crippen LogP contribution in [0.1, 0.15) is 51.1 Å². The van der Waals surface area contributed by atoms with Gasteiger partial charge in [0.15, 0.2) is 5.76 Å². The molecule has 0 spiro atoms. The Kier molecular flexibility index (Phi) is 5.23. The third-order valence-corrected chi connectivity index (χ3v) is 7.53. The zero-order valence-electron chi connectivity index (χ0n) is 17.4. The second kappa shape index (κ2) is 8.05. The molecule has 1 aliphatic rings. The first-order chi connectivity index (χ1) is 15.0. The Morgan fingerprint density at radius 1 is 1.23 bits per heavy atom. The fraction of sp³-hybridized carbons (Fsp3) is 0.364. The minimum Gasteiger partial charge on any atom is -0.458 e. The summed E-state index contributed by atoms with van der Waals surface area (Å²) < 4.78 is 7.62. The lowest BCUT2D eigenvalue weighted by molar-refractivity contribution is 0.0951. The van der Waals surface area contributed by atoms with Gasteiger partial charge in [-0.2, -0.15) is 0 Å². The third-order valence-electron chi connectivity index (χ3n) is 5.57. The Bertz CT molecular complexity index is 1340. The zero-order valence-corrected chi connectivity index (χ0v) is 19.0. The van der Waals surface area contributed by atoms with Crippen molar-refractivity contribution < 1.29 is 9.21 Å². The highest BCUT2D eigenvalue weighted by Crippen LogP contribution is 2.29. The summed E-state index contributed by atoms with van der Waals surface area (Å²) in [5, 5.41) is 6.40. The summed E-state index contributed by atoms with van der Waals surface area (Å²) >= 11 is 2.86. The highest BCUT2D eigenvalue weighted by molar-refractivity contribution is 7.20. The van der Waals surface area contributed by atoms with Crippen molar-refractivity contribution in [2.75, 3.05) is 0 Å². The number of hydrogen-bond donors (Lipinski definition) is 1. The second-order valence-electron chi connectivity index (χ2n) is 7.73. The molecule has 0 aromatic carbocycles. The van der Waals surface area contributed by atoms with Gasteiger partial charge in [-0.3, -0.25) is 14.2 Å². The Morgan fingerprint density at radius 3 is 2.90 bits per heavy atom. The molecule has 0 atom stereocenters. The van der Waals surface area contributed by atoms with E-state index in [0.29, 0.717) is 38.7 Å². The molecule has 4 aromatic heterocycles. The normalized spacial score (nSPS) is 13.9. The maximum atomic E-state index is 13.1. The van der Waals surface area contributed by atoms with Gasteiger partial charge in [0.25, 0.3) is 11.5 Å². The molecular formula is C22H22N4O3S2. The molecule has 1 aliphatic heterocycles. The first kappa shape index (κ1) is 20.1. The number of fused-ring (bicyclic) bond motifs is 2. The van der Waals surface area contributed by atoms with E-state index < -0.39 is 0 Å². The van der Waals surface area contributed by atoms with Gasteiger partial charge in [-0.15, -0.1) is 22.7 Å². The van der Waals surface area contributed by atoms with Crippen LogP contribution in [-0.2, 0) is 19.5 Å². The van der Waals surface area contributed by atoms with Gasteiger partial charge in [0.2, 0.25) is 0 Å². The first-order valence-corrected chi connectivity index (χ1v) is 12.0. The Labute approximate surface area is 186 Å². The molecular weight excluding hydrogens is 432 g/mol. The zero-order chi connectivity index (χ0) is 21.5. The average Bonchev–Trinajstić information content (AvgIpc) is 3.42. The predicted molar refractivity (Wildman–Crippen MR) is 122 cm³/mol. The largest absolute Gasteiger partial charge is 0.458 e. The molecule has 0 saturated heterocycles. The number of nitrogens with one attached hydrogen (secondary N) is 1. The molecule has 0 unspecified atom stereocenters. The molecule has 5 rings (SSSR count). The summed E-state index contributed by atoms with van der Waals surface area (Å²) in [6, 6.07) is 3.70. The number of furan rings is 1. The molecule has 0 bridgehead atoms. The third kappa shape index (κ3) is 3.72. The van der Waals surface area contributed by atoms with Crippen molar-refractivity contribution in [1.29, 1.82) is 0 Å². The number of thiophene rings is 1. The predicted octanol–water partition coefficient (Wildman–Crippen LogP) is 4.45. The number of hydrogen-bond acceptors (Lipinski definition) is 7. The SMILES string of the molecule is Cc1nc(-c2ccc(CNC(=O)c3sc4nc5n(c(=O)c4c3C)CCCCC5)o2)cs1. The molecule has 1 N–H and O–H groups in total. The maximum absolute atomic E-state index is 13.1. The van der Waals surface area contributed by atoms with Gasteiger partial charge in [0.05, 0.1) is 21.8 Å². The summed E-state index contributed by atoms with van der Waals surface area (Å²) in [4.78, 5) is 36.3. The Balaban J connectivity index is 1.38. The van der Waals surface area contributed by atoms with E-state index >= 15 is 0 Å². The number of rotatable bonds is 4. The van der Waals surface area contributed by atoms with Gasteiger partial charge in [0, 0.05) is 18.3 Å². The number of aromatic nitrogens is 3. The number of nitrogens with zero attached hydrogens (tertiary/aromatic N) is 3. The molecule has 4 aromatic rings. The smallest absolute Gasteiger partial charge is 0.262 e. The van der Waals surface area contributed by atoms with E-state index in [4.69, 9.17) is 9.40 Å². The standard InChI is InChI=1S/C22H22N4O3S2/c1-12-18-21(25-17-6-4-3-5-9-26(17)22(18)28)31-19(12)20(27)23-10-14-7-8-16(29-14)15-11-30-13(2)24-15/h7-8,11H,3-6,9-10H2,1-2H3,(H,23,27). The number of aryl methyl sites for hydroxylation is 3. The van der Waals surface area contributed by atoms with E-state index in [9.17, 15) is 9.59 Å². The second-order valence-corrected chi connectivity index (χ2v) is 9.79. The van der Waals surface area contributed by atoms with Crippen LogP contribution in [0.5, 0.6) is 0 Å². The van der Waals surface area contributed by atoms with Crippen LogP contribution in [-0.4, -0.2) is 20.4 Å². The van der Waals surface area contributed by atoms with Crippen LogP contribution in [0.25, 0.3) is 21.7 Å². The lowest BCUT2D eigenvalue weighted by atomic mass is 10.2. The maximum Gasteiger partial charge on any atom is 0.262 e. The van der Waals surface area contributed by atoms with Gasteiger partial charge in [-0.05, 0) is 44.4 Å². The lowest BCUT2D eigenvalue weighted by Gasteiger charge is -2.08. The van der Waals surface area contributed by atoms with Gasteiger partial charge >= 0.3 is 0 Å². The molecule has 0 radical (unpaired) electrons. The number of carbonyl (C=O) groups excluding carboxylic acids is 1. The minimum atomic E-state index is -0.220. The van der Waals surface area contributed by atoms with E-state index in [1.807, 2.05) is 31.4 Å². The highest BCUT2D eigenvalue weighted by atomic mass is 32.1. The number of carbonyl (C=O) groups is 1. The van der Waals surface area contributed by atoms with Crippen molar-refractivity contribution >= 4 is 38.8 Å². The summed E-state index contributed by atoms with van der Waals surface area (Å²) in [5.74, 6) is 1.95. The van der Waals surface area contributed by atoms with Crippen LogP contribution >= 0.6 is 22.7 Å². The molecule has 31 heavy (non-hydrogen) atoms. The van der Waals surface area contributed by atoms with E-state index in [0.717, 1.165) is 42.2 Å². The van der Waals surface area contributed by atoms with E-state index in [1.165, 1.54) is 11.3 Å². The van der Waals surface area contributed by atoms with Gasteiger partial charge in [-0.1, -0.05) is 6.42 Å². The Hall–Kier alpha value is -2.78. The quantitative estimate of drug-likeness (QED) is 0.492. The van der Waals surface area contributed by atoms with Crippen molar-refractivity contribution in [3.8, 4) is 11.5 Å². The van der Waals surface area contributed by atoms with Gasteiger partial charge < -0.3 is 9.73 Å². The molecule has 5 heterocycles. The molecule has 9 heteroatoms. The molecule has 0 saturated carbocycles.